The molecule has 0 fully saturated rings. The van der Waals surface area contributed by atoms with Gasteiger partial charge >= 0.3 is 0 Å². The summed E-state index contributed by atoms with van der Waals surface area (Å²) in [7, 11) is -2.59. The first-order chi connectivity index (χ1) is 20.3. The fraction of sp³-hybridized carbons (Fsp3) is 0.394. The Labute approximate surface area is 255 Å². The zero-order valence-corrected chi connectivity index (χ0v) is 26.9. The molecule has 0 aromatic heterocycles. The van der Waals surface area contributed by atoms with Crippen molar-refractivity contribution < 1.29 is 27.5 Å². The molecule has 0 heterocycles. The second-order valence-electron chi connectivity index (χ2n) is 11.3. The molecule has 0 aliphatic heterocycles. The molecular formula is C33H43N3O6S. The van der Waals surface area contributed by atoms with E-state index >= 15 is 0 Å². The first-order valence-electron chi connectivity index (χ1n) is 14.4. The smallest absolute Gasteiger partial charge is 0.264 e. The number of carbonyl (C=O) groups is 2. The van der Waals surface area contributed by atoms with Gasteiger partial charge in [0, 0.05) is 12.1 Å². The van der Waals surface area contributed by atoms with Gasteiger partial charge in [0.25, 0.3) is 10.0 Å². The van der Waals surface area contributed by atoms with E-state index in [1.54, 1.807) is 55.6 Å². The number of anilines is 1. The van der Waals surface area contributed by atoms with E-state index < -0.39 is 34.1 Å². The van der Waals surface area contributed by atoms with Crippen LogP contribution in [-0.4, -0.2) is 57.0 Å². The Morgan fingerprint density at radius 3 is 1.98 bits per heavy atom. The summed E-state index contributed by atoms with van der Waals surface area (Å²) in [6, 6.07) is 19.4. The van der Waals surface area contributed by atoms with Gasteiger partial charge in [-0.2, -0.15) is 0 Å². The van der Waals surface area contributed by atoms with Crippen LogP contribution in [0.4, 0.5) is 5.69 Å². The summed E-state index contributed by atoms with van der Waals surface area (Å²) in [4.78, 5) is 29.2. The Kier molecular flexibility index (Phi) is 11.2. The highest BCUT2D eigenvalue weighted by molar-refractivity contribution is 7.92. The van der Waals surface area contributed by atoms with E-state index in [1.807, 2.05) is 53.7 Å². The molecule has 1 unspecified atom stereocenters. The largest absolute Gasteiger partial charge is 0.497 e. The Morgan fingerprint density at radius 2 is 1.47 bits per heavy atom. The van der Waals surface area contributed by atoms with Crippen LogP contribution in [0, 0.1) is 6.92 Å². The van der Waals surface area contributed by atoms with Gasteiger partial charge in [0.05, 0.1) is 24.3 Å². The highest BCUT2D eigenvalue weighted by atomic mass is 32.2. The number of carbonyl (C=O) groups excluding carboxylic acids is 2. The minimum absolute atomic E-state index is 0.0546. The fourth-order valence-corrected chi connectivity index (χ4v) is 5.96. The second-order valence-corrected chi connectivity index (χ2v) is 13.1. The molecule has 1 N–H and O–H groups in total. The zero-order valence-electron chi connectivity index (χ0n) is 26.1. The average molecular weight is 610 g/mol. The maximum Gasteiger partial charge on any atom is 0.264 e. The van der Waals surface area contributed by atoms with E-state index in [4.69, 9.17) is 9.47 Å². The quantitative estimate of drug-likeness (QED) is 0.281. The minimum Gasteiger partial charge on any atom is -0.497 e. The van der Waals surface area contributed by atoms with Crippen molar-refractivity contribution in [3.05, 3.63) is 83.9 Å². The molecule has 0 aliphatic rings. The summed E-state index contributed by atoms with van der Waals surface area (Å²) < 4.78 is 40.0. The molecule has 3 rings (SSSR count). The van der Waals surface area contributed by atoms with Crippen LogP contribution in [0.5, 0.6) is 11.5 Å². The lowest BCUT2D eigenvalue weighted by molar-refractivity contribution is -0.141. The van der Waals surface area contributed by atoms with Crippen LogP contribution < -0.4 is 19.1 Å². The Bertz CT molecular complexity index is 1470. The molecule has 1 atom stereocenters. The predicted molar refractivity (Wildman–Crippen MR) is 169 cm³/mol. The molecule has 0 bridgehead atoms. The van der Waals surface area contributed by atoms with Crippen molar-refractivity contribution in [3.63, 3.8) is 0 Å². The standard InChI is InChI=1S/C33H43N3O6S/c1-8-30(32(38)34-33(4,5)6)35(22-25-12-16-27(41-7)17-13-25)31(37)23-36(26-14-18-28(19-15-26)42-9-2)43(39,40)29-20-10-24(3)11-21-29/h10-21,30H,8-9,22-23H2,1-7H3,(H,34,38). The van der Waals surface area contributed by atoms with Crippen molar-refractivity contribution in [3.8, 4) is 11.5 Å². The third kappa shape index (κ3) is 8.97. The molecule has 232 valence electrons. The van der Waals surface area contributed by atoms with Crippen molar-refractivity contribution in [1.82, 2.24) is 10.2 Å². The minimum atomic E-state index is -4.16. The lowest BCUT2D eigenvalue weighted by Crippen LogP contribution is -2.55. The summed E-state index contributed by atoms with van der Waals surface area (Å²) in [5.41, 5.74) is 1.45. The van der Waals surface area contributed by atoms with Gasteiger partial charge in [-0.15, -0.1) is 0 Å². The third-order valence-corrected chi connectivity index (χ3v) is 8.51. The van der Waals surface area contributed by atoms with Crippen LogP contribution in [-0.2, 0) is 26.2 Å². The molecule has 43 heavy (non-hydrogen) atoms. The van der Waals surface area contributed by atoms with Crippen LogP contribution in [0.2, 0.25) is 0 Å². The molecule has 0 spiro atoms. The van der Waals surface area contributed by atoms with Gasteiger partial charge in [0.2, 0.25) is 11.8 Å². The summed E-state index contributed by atoms with van der Waals surface area (Å²) >= 11 is 0. The monoisotopic (exact) mass is 609 g/mol. The lowest BCUT2D eigenvalue weighted by atomic mass is 10.1. The number of nitrogens with one attached hydrogen (secondary N) is 1. The maximum atomic E-state index is 14.2. The molecule has 2 amide bonds. The number of hydrogen-bond donors (Lipinski definition) is 1. The number of methoxy groups -OCH3 is 1. The van der Waals surface area contributed by atoms with Gasteiger partial charge in [-0.05, 0) is 95.1 Å². The number of amides is 2. The van der Waals surface area contributed by atoms with Gasteiger partial charge in [-0.1, -0.05) is 36.8 Å². The third-order valence-electron chi connectivity index (χ3n) is 6.72. The van der Waals surface area contributed by atoms with Crippen LogP contribution in [0.25, 0.3) is 0 Å². The van der Waals surface area contributed by atoms with Crippen molar-refractivity contribution in [2.24, 2.45) is 0 Å². The Balaban J connectivity index is 2.07. The van der Waals surface area contributed by atoms with Crippen molar-refractivity contribution in [2.75, 3.05) is 24.6 Å². The van der Waals surface area contributed by atoms with Crippen LogP contribution in [0.1, 0.15) is 52.2 Å². The maximum absolute atomic E-state index is 14.2. The lowest BCUT2D eigenvalue weighted by Gasteiger charge is -2.34. The fourth-order valence-electron chi connectivity index (χ4n) is 4.54. The summed E-state index contributed by atoms with van der Waals surface area (Å²) in [6.07, 6.45) is 0.331. The molecular weight excluding hydrogens is 566 g/mol. The SMILES string of the molecule is CCOc1ccc(N(CC(=O)N(Cc2ccc(OC)cc2)C(CC)C(=O)NC(C)(C)C)S(=O)(=O)c2ccc(C)cc2)cc1. The van der Waals surface area contributed by atoms with Gasteiger partial charge < -0.3 is 19.7 Å². The Morgan fingerprint density at radius 1 is 0.884 bits per heavy atom. The molecule has 10 heteroatoms. The van der Waals surface area contributed by atoms with E-state index in [0.29, 0.717) is 30.2 Å². The summed E-state index contributed by atoms with van der Waals surface area (Å²) in [5, 5.41) is 2.98. The van der Waals surface area contributed by atoms with Crippen molar-refractivity contribution >= 4 is 27.5 Å². The molecule has 0 radical (unpaired) electrons. The number of ether oxygens (including phenoxy) is 2. The molecule has 0 saturated carbocycles. The van der Waals surface area contributed by atoms with Crippen LogP contribution in [0.15, 0.2) is 77.7 Å². The number of rotatable bonds is 13. The molecule has 0 aliphatic carbocycles. The highest BCUT2D eigenvalue weighted by Gasteiger charge is 2.34. The molecule has 3 aromatic carbocycles. The topological polar surface area (TPSA) is 105 Å². The normalized spacial score (nSPS) is 12.3. The van der Waals surface area contributed by atoms with Crippen LogP contribution >= 0.6 is 0 Å². The number of aryl methyl sites for hydroxylation is 1. The number of nitrogens with zero attached hydrogens (tertiary/aromatic N) is 2. The van der Waals surface area contributed by atoms with Gasteiger partial charge in [-0.25, -0.2) is 8.42 Å². The van der Waals surface area contributed by atoms with E-state index in [9.17, 15) is 18.0 Å². The van der Waals surface area contributed by atoms with Crippen molar-refractivity contribution in [1.29, 1.82) is 0 Å². The van der Waals surface area contributed by atoms with Crippen LogP contribution in [0.3, 0.4) is 0 Å². The number of hydrogen-bond acceptors (Lipinski definition) is 6. The molecule has 3 aromatic rings. The highest BCUT2D eigenvalue weighted by Crippen LogP contribution is 2.27. The van der Waals surface area contributed by atoms with Gasteiger partial charge in [0.15, 0.2) is 0 Å². The number of benzene rings is 3. The van der Waals surface area contributed by atoms with E-state index in [1.165, 1.54) is 17.0 Å². The molecule has 9 nitrogen and oxygen atoms in total. The average Bonchev–Trinajstić information content (AvgIpc) is 2.96. The summed E-state index contributed by atoms with van der Waals surface area (Å²) in [5.74, 6) is 0.406. The predicted octanol–water partition coefficient (Wildman–Crippen LogP) is 5.32. The van der Waals surface area contributed by atoms with Gasteiger partial charge in [-0.3, -0.25) is 13.9 Å². The first kappa shape index (κ1) is 33.5. The van der Waals surface area contributed by atoms with E-state index in [0.717, 1.165) is 15.4 Å². The van der Waals surface area contributed by atoms with Gasteiger partial charge in [0.1, 0.15) is 24.1 Å². The Hall–Kier alpha value is -4.05. The van der Waals surface area contributed by atoms with E-state index in [-0.39, 0.29) is 17.3 Å². The van der Waals surface area contributed by atoms with Crippen molar-refractivity contribution in [2.45, 2.75) is 71.0 Å². The molecule has 0 saturated heterocycles. The second kappa shape index (κ2) is 14.4. The zero-order chi connectivity index (χ0) is 31.8. The summed E-state index contributed by atoms with van der Waals surface area (Å²) in [6.45, 7) is 11.2. The van der Waals surface area contributed by atoms with E-state index in [2.05, 4.69) is 5.32 Å². The first-order valence-corrected chi connectivity index (χ1v) is 15.8. The number of sulfonamides is 1.